The maximum atomic E-state index is 12.7. The molecule has 1 aliphatic carbocycles. The van der Waals surface area contributed by atoms with Crippen molar-refractivity contribution < 1.29 is 9.21 Å². The standard InChI is InChI=1S/C23H25N5O2/c29-22(19-7-4-10-30-19)28-14-23(15-28)13-27(11-16-5-2-1-3-6-16)12-18(23)21-24-20(25-26-21)17-8-9-17/h1-7,10,17-18H,8-9,11-15H2,(H,24,25,26). The van der Waals surface area contributed by atoms with Gasteiger partial charge in [0, 0.05) is 50.0 Å². The van der Waals surface area contributed by atoms with Crippen LogP contribution in [0.15, 0.2) is 53.1 Å². The minimum absolute atomic E-state index is 0.0113. The summed E-state index contributed by atoms with van der Waals surface area (Å²) in [5.41, 5.74) is 1.32. The van der Waals surface area contributed by atoms with Crippen LogP contribution in [0.4, 0.5) is 0 Å². The summed E-state index contributed by atoms with van der Waals surface area (Å²) in [6.45, 7) is 4.24. The van der Waals surface area contributed by atoms with Crippen LogP contribution in [-0.4, -0.2) is 57.1 Å². The monoisotopic (exact) mass is 403 g/mol. The SMILES string of the molecule is O=C(c1ccco1)N1CC2(CN(Cc3ccccc3)CC2c2nc(C3CC3)n[nH]2)C1. The number of aromatic nitrogens is 3. The van der Waals surface area contributed by atoms with Gasteiger partial charge >= 0.3 is 0 Å². The second-order valence-electron chi connectivity index (χ2n) is 9.06. The number of carbonyl (C=O) groups excluding carboxylic acids is 1. The highest BCUT2D eigenvalue weighted by Crippen LogP contribution is 2.49. The smallest absolute Gasteiger partial charge is 0.289 e. The number of aromatic amines is 1. The van der Waals surface area contributed by atoms with Gasteiger partial charge in [-0.1, -0.05) is 30.3 Å². The molecule has 2 aliphatic heterocycles. The molecule has 2 aromatic heterocycles. The van der Waals surface area contributed by atoms with Crippen LogP contribution in [0.1, 0.15) is 52.4 Å². The Bertz CT molecular complexity index is 1030. The van der Waals surface area contributed by atoms with Crippen molar-refractivity contribution in [2.75, 3.05) is 26.2 Å². The van der Waals surface area contributed by atoms with Crippen LogP contribution in [0.2, 0.25) is 0 Å². The van der Waals surface area contributed by atoms with Crippen LogP contribution < -0.4 is 0 Å². The molecule has 1 aromatic carbocycles. The van der Waals surface area contributed by atoms with Crippen molar-refractivity contribution >= 4 is 5.91 Å². The zero-order valence-corrected chi connectivity index (χ0v) is 16.8. The highest BCUT2D eigenvalue weighted by atomic mass is 16.3. The summed E-state index contributed by atoms with van der Waals surface area (Å²) in [4.78, 5) is 22.0. The number of likely N-dealkylation sites (tertiary alicyclic amines) is 2. The number of hydrogen-bond acceptors (Lipinski definition) is 5. The molecule has 4 heterocycles. The molecular formula is C23H25N5O2. The van der Waals surface area contributed by atoms with Crippen LogP contribution in [0.5, 0.6) is 0 Å². The van der Waals surface area contributed by atoms with Crippen molar-refractivity contribution in [3.8, 4) is 0 Å². The summed E-state index contributed by atoms with van der Waals surface area (Å²) in [5.74, 6) is 3.12. The molecular weight excluding hydrogens is 378 g/mol. The number of hydrogen-bond donors (Lipinski definition) is 1. The van der Waals surface area contributed by atoms with Crippen LogP contribution in [0.3, 0.4) is 0 Å². The summed E-state index contributed by atoms with van der Waals surface area (Å²) in [5, 5.41) is 7.74. The Hall–Kier alpha value is -2.93. The molecule has 7 heteroatoms. The van der Waals surface area contributed by atoms with E-state index in [9.17, 15) is 4.79 Å². The lowest BCUT2D eigenvalue weighted by Crippen LogP contribution is -2.61. The van der Waals surface area contributed by atoms with Crippen LogP contribution in [0.25, 0.3) is 0 Å². The topological polar surface area (TPSA) is 78.3 Å². The van der Waals surface area contributed by atoms with E-state index in [-0.39, 0.29) is 17.2 Å². The quantitative estimate of drug-likeness (QED) is 0.709. The molecule has 6 rings (SSSR count). The fourth-order valence-corrected chi connectivity index (χ4v) is 5.11. The van der Waals surface area contributed by atoms with Crippen LogP contribution >= 0.6 is 0 Å². The highest BCUT2D eigenvalue weighted by molar-refractivity contribution is 5.92. The normalized spacial score (nSPS) is 23.1. The van der Waals surface area contributed by atoms with Crippen LogP contribution in [-0.2, 0) is 6.54 Å². The Labute approximate surface area is 175 Å². The van der Waals surface area contributed by atoms with E-state index in [0.717, 1.165) is 44.4 Å². The molecule has 1 spiro atoms. The number of nitrogens with one attached hydrogen (secondary N) is 1. The second-order valence-corrected chi connectivity index (χ2v) is 9.06. The molecule has 3 aromatic rings. The second kappa shape index (κ2) is 6.80. The third kappa shape index (κ3) is 3.04. The first kappa shape index (κ1) is 17.9. The molecule has 3 fully saturated rings. The summed E-state index contributed by atoms with van der Waals surface area (Å²) in [6, 6.07) is 14.1. The van der Waals surface area contributed by atoms with Gasteiger partial charge in [0.2, 0.25) is 0 Å². The number of amides is 1. The number of nitrogens with zero attached hydrogens (tertiary/aromatic N) is 4. The minimum atomic E-state index is -0.0258. The fourth-order valence-electron chi connectivity index (χ4n) is 5.11. The predicted molar refractivity (Wildman–Crippen MR) is 110 cm³/mol. The Morgan fingerprint density at radius 1 is 1.13 bits per heavy atom. The van der Waals surface area contributed by atoms with Gasteiger partial charge in [-0.3, -0.25) is 14.8 Å². The van der Waals surface area contributed by atoms with Gasteiger partial charge in [-0.05, 0) is 30.5 Å². The Morgan fingerprint density at radius 3 is 2.70 bits per heavy atom. The summed E-state index contributed by atoms with van der Waals surface area (Å²) in [6.07, 6.45) is 3.94. The van der Waals surface area contributed by atoms with Gasteiger partial charge in [-0.25, -0.2) is 4.98 Å². The van der Waals surface area contributed by atoms with E-state index in [0.29, 0.717) is 11.7 Å². The first-order valence-corrected chi connectivity index (χ1v) is 10.7. The molecule has 1 amide bonds. The maximum Gasteiger partial charge on any atom is 0.289 e. The molecule has 1 N–H and O–H groups in total. The lowest BCUT2D eigenvalue weighted by Gasteiger charge is -2.50. The van der Waals surface area contributed by atoms with Gasteiger partial charge in [-0.15, -0.1) is 0 Å². The number of benzene rings is 1. The van der Waals surface area contributed by atoms with E-state index < -0.39 is 0 Å². The lowest BCUT2D eigenvalue weighted by atomic mass is 9.71. The van der Waals surface area contributed by atoms with Crippen molar-refractivity contribution in [3.63, 3.8) is 0 Å². The zero-order valence-electron chi connectivity index (χ0n) is 16.8. The minimum Gasteiger partial charge on any atom is -0.459 e. The van der Waals surface area contributed by atoms with Crippen molar-refractivity contribution in [2.24, 2.45) is 5.41 Å². The third-order valence-electron chi connectivity index (χ3n) is 6.79. The van der Waals surface area contributed by atoms with Gasteiger partial charge in [0.15, 0.2) is 11.6 Å². The maximum absolute atomic E-state index is 12.7. The van der Waals surface area contributed by atoms with E-state index in [1.54, 1.807) is 18.4 Å². The van der Waals surface area contributed by atoms with Crippen molar-refractivity contribution in [1.82, 2.24) is 25.0 Å². The molecule has 3 aliphatic rings. The first-order valence-electron chi connectivity index (χ1n) is 10.7. The molecule has 1 unspecified atom stereocenters. The Morgan fingerprint density at radius 2 is 1.97 bits per heavy atom. The number of carbonyl (C=O) groups is 1. The number of H-pyrrole nitrogens is 1. The van der Waals surface area contributed by atoms with Gasteiger partial charge in [0.25, 0.3) is 5.91 Å². The van der Waals surface area contributed by atoms with E-state index in [2.05, 4.69) is 45.4 Å². The van der Waals surface area contributed by atoms with E-state index in [1.807, 2.05) is 4.90 Å². The van der Waals surface area contributed by atoms with Gasteiger partial charge in [0.1, 0.15) is 5.82 Å². The lowest BCUT2D eigenvalue weighted by molar-refractivity contribution is -0.000373. The molecule has 0 radical (unpaired) electrons. The summed E-state index contributed by atoms with van der Waals surface area (Å²) < 4.78 is 5.32. The Balaban J connectivity index is 1.24. The van der Waals surface area contributed by atoms with E-state index in [4.69, 9.17) is 9.40 Å². The molecule has 1 saturated carbocycles. The molecule has 0 bridgehead atoms. The van der Waals surface area contributed by atoms with E-state index >= 15 is 0 Å². The average Bonchev–Trinajstić information content (AvgIpc) is 3.14. The molecule has 1 atom stereocenters. The molecule has 154 valence electrons. The summed E-state index contributed by atoms with van der Waals surface area (Å²) >= 11 is 0. The number of rotatable bonds is 5. The van der Waals surface area contributed by atoms with Gasteiger partial charge in [-0.2, -0.15) is 5.10 Å². The Kier molecular flexibility index (Phi) is 4.06. The largest absolute Gasteiger partial charge is 0.459 e. The fraction of sp³-hybridized carbons (Fsp3) is 0.435. The highest BCUT2D eigenvalue weighted by Gasteiger charge is 2.57. The molecule has 2 saturated heterocycles. The average molecular weight is 403 g/mol. The predicted octanol–water partition coefficient (Wildman–Crippen LogP) is 3.02. The number of furan rings is 1. The van der Waals surface area contributed by atoms with E-state index in [1.165, 1.54) is 18.4 Å². The third-order valence-corrected chi connectivity index (χ3v) is 6.79. The van der Waals surface area contributed by atoms with Crippen molar-refractivity contribution in [2.45, 2.75) is 31.2 Å². The van der Waals surface area contributed by atoms with Gasteiger partial charge in [0.05, 0.1) is 6.26 Å². The van der Waals surface area contributed by atoms with Gasteiger partial charge < -0.3 is 9.32 Å². The molecule has 7 nitrogen and oxygen atoms in total. The first-order chi connectivity index (χ1) is 14.7. The summed E-state index contributed by atoms with van der Waals surface area (Å²) in [7, 11) is 0. The molecule has 30 heavy (non-hydrogen) atoms. The van der Waals surface area contributed by atoms with Crippen LogP contribution in [0, 0.1) is 5.41 Å². The van der Waals surface area contributed by atoms with Crippen molar-refractivity contribution in [1.29, 1.82) is 0 Å². The van der Waals surface area contributed by atoms with Crippen molar-refractivity contribution in [3.05, 3.63) is 71.7 Å². The zero-order chi connectivity index (χ0) is 20.1.